The van der Waals surface area contributed by atoms with Crippen molar-refractivity contribution in [2.75, 3.05) is 39.3 Å². The molecule has 29 heavy (non-hydrogen) atoms. The van der Waals surface area contributed by atoms with Crippen LogP contribution in [0.5, 0.6) is 0 Å². The van der Waals surface area contributed by atoms with Crippen molar-refractivity contribution >= 4 is 16.9 Å². The molecule has 0 bridgehead atoms. The molecule has 6 heteroatoms. The summed E-state index contributed by atoms with van der Waals surface area (Å²) in [7, 11) is -1.18. The zero-order valence-electron chi connectivity index (χ0n) is 18.2. The molecular weight excluding hydrogens is 380 g/mol. The molecule has 0 radical (unpaired) electrons. The van der Waals surface area contributed by atoms with Gasteiger partial charge < -0.3 is 4.90 Å². The molecule has 1 saturated heterocycles. The first-order valence-corrected chi connectivity index (χ1v) is 12.5. The van der Waals surface area contributed by atoms with Crippen LogP contribution in [0.3, 0.4) is 0 Å². The number of guanidine groups is 1. The van der Waals surface area contributed by atoms with Crippen LogP contribution in [-0.2, 0) is 11.0 Å². The van der Waals surface area contributed by atoms with Crippen molar-refractivity contribution in [2.45, 2.75) is 63.3 Å². The number of piperazine rings is 1. The van der Waals surface area contributed by atoms with Crippen molar-refractivity contribution in [2.24, 2.45) is 10.9 Å². The zero-order valence-corrected chi connectivity index (χ0v) is 19.0. The van der Waals surface area contributed by atoms with Crippen molar-refractivity contribution in [3.63, 3.8) is 0 Å². The highest BCUT2D eigenvalue weighted by molar-refractivity contribution is 7.83. The van der Waals surface area contributed by atoms with E-state index in [4.69, 9.17) is 4.99 Å². The Balaban J connectivity index is 1.36. The smallest absolute Gasteiger partial charge is 0.209 e. The summed E-state index contributed by atoms with van der Waals surface area (Å²) >= 11 is 0. The van der Waals surface area contributed by atoms with Gasteiger partial charge in [-0.05, 0) is 55.2 Å². The van der Waals surface area contributed by atoms with E-state index in [0.717, 1.165) is 62.1 Å². The largest absolute Gasteiger partial charge is 0.339 e. The minimum Gasteiger partial charge on any atom is -0.339 e. The maximum absolute atomic E-state index is 13.2. The van der Waals surface area contributed by atoms with E-state index in [2.05, 4.69) is 42.7 Å². The van der Waals surface area contributed by atoms with Crippen LogP contribution in [0.4, 0.5) is 0 Å². The molecule has 4 rings (SSSR count). The fourth-order valence-electron chi connectivity index (χ4n) is 4.83. The van der Waals surface area contributed by atoms with E-state index >= 15 is 0 Å². The third-order valence-corrected chi connectivity index (χ3v) is 8.25. The summed E-state index contributed by atoms with van der Waals surface area (Å²) in [6, 6.07) is 9.01. The van der Waals surface area contributed by atoms with Gasteiger partial charge in [-0.2, -0.15) is 0 Å². The van der Waals surface area contributed by atoms with E-state index in [-0.39, 0.29) is 0 Å². The second kappa shape index (κ2) is 9.17. The van der Waals surface area contributed by atoms with Gasteiger partial charge in [-0.3, -0.25) is 14.2 Å². The summed E-state index contributed by atoms with van der Waals surface area (Å²) in [4.78, 5) is 10.7. The first kappa shape index (κ1) is 20.9. The van der Waals surface area contributed by atoms with Gasteiger partial charge in [0.2, 0.25) is 5.96 Å². The lowest BCUT2D eigenvalue weighted by atomic mass is 9.86. The molecule has 1 aromatic carbocycles. The third-order valence-electron chi connectivity index (χ3n) is 6.83. The topological polar surface area (TPSA) is 39.1 Å². The standard InChI is InChI=1S/C23H36N4OS/c1-18(2)20-6-10-22(11-7-20)29(28)27-13-12-24-23(27)26-16-14-25(15-17-26)21-8-4-19(3)5-9-21/h6-7,10-11,18-19,21H,4-5,8-9,12-17H2,1-3H3. The van der Waals surface area contributed by atoms with Crippen molar-refractivity contribution < 1.29 is 4.21 Å². The van der Waals surface area contributed by atoms with Crippen molar-refractivity contribution in [3.8, 4) is 0 Å². The van der Waals surface area contributed by atoms with Gasteiger partial charge in [-0.25, -0.2) is 4.21 Å². The lowest BCUT2D eigenvalue weighted by Crippen LogP contribution is -2.55. The van der Waals surface area contributed by atoms with Gasteiger partial charge >= 0.3 is 0 Å². The monoisotopic (exact) mass is 416 g/mol. The number of hydrogen-bond donors (Lipinski definition) is 0. The van der Waals surface area contributed by atoms with Gasteiger partial charge in [0.1, 0.15) is 0 Å². The van der Waals surface area contributed by atoms with E-state index in [1.165, 1.54) is 31.2 Å². The predicted molar refractivity (Wildman–Crippen MR) is 121 cm³/mol. The van der Waals surface area contributed by atoms with E-state index in [9.17, 15) is 4.21 Å². The molecule has 0 spiro atoms. The fourth-order valence-corrected chi connectivity index (χ4v) is 6.02. The predicted octanol–water partition coefficient (Wildman–Crippen LogP) is 3.70. The Hall–Kier alpha value is -1.40. The molecule has 1 atom stereocenters. The molecule has 5 nitrogen and oxygen atoms in total. The molecule has 2 aliphatic heterocycles. The van der Waals surface area contributed by atoms with Crippen molar-refractivity contribution in [1.82, 2.24) is 14.1 Å². The van der Waals surface area contributed by atoms with Gasteiger partial charge in [-0.15, -0.1) is 0 Å². The summed E-state index contributed by atoms with van der Waals surface area (Å²) in [5, 5.41) is 0. The van der Waals surface area contributed by atoms with E-state index < -0.39 is 11.0 Å². The quantitative estimate of drug-likeness (QED) is 0.751. The molecule has 0 N–H and O–H groups in total. The Labute approximate surface area is 178 Å². The van der Waals surface area contributed by atoms with E-state index in [0.29, 0.717) is 5.92 Å². The fraction of sp³-hybridized carbons (Fsp3) is 0.696. The van der Waals surface area contributed by atoms with Crippen LogP contribution in [0.15, 0.2) is 34.2 Å². The molecule has 3 aliphatic rings. The van der Waals surface area contributed by atoms with Crippen molar-refractivity contribution in [3.05, 3.63) is 29.8 Å². The van der Waals surface area contributed by atoms with Gasteiger partial charge in [0.25, 0.3) is 0 Å². The third kappa shape index (κ3) is 4.69. The highest BCUT2D eigenvalue weighted by atomic mass is 32.2. The highest BCUT2D eigenvalue weighted by Gasteiger charge is 2.32. The Morgan fingerprint density at radius 3 is 2.24 bits per heavy atom. The van der Waals surface area contributed by atoms with Gasteiger partial charge in [-0.1, -0.05) is 32.9 Å². The summed E-state index contributed by atoms with van der Waals surface area (Å²) in [6.07, 6.45) is 5.45. The van der Waals surface area contributed by atoms with Crippen LogP contribution in [0.1, 0.15) is 57.9 Å². The number of rotatable bonds is 4. The van der Waals surface area contributed by atoms with E-state index in [1.54, 1.807) is 0 Å². The molecule has 0 amide bonds. The molecule has 2 fully saturated rings. The number of aliphatic imine (C=N–C) groups is 1. The molecule has 1 aliphatic carbocycles. The Morgan fingerprint density at radius 1 is 0.966 bits per heavy atom. The minimum absolute atomic E-state index is 0.491. The first-order valence-electron chi connectivity index (χ1n) is 11.4. The normalized spacial score (nSPS) is 27.4. The zero-order chi connectivity index (χ0) is 20.4. The Morgan fingerprint density at radius 2 is 1.62 bits per heavy atom. The van der Waals surface area contributed by atoms with Crippen LogP contribution < -0.4 is 0 Å². The maximum atomic E-state index is 13.2. The Bertz CT molecular complexity index is 732. The molecule has 2 heterocycles. The molecule has 1 aromatic rings. The first-order chi connectivity index (χ1) is 14.0. The van der Waals surface area contributed by atoms with Crippen LogP contribution in [0, 0.1) is 5.92 Å². The van der Waals surface area contributed by atoms with Crippen molar-refractivity contribution in [1.29, 1.82) is 0 Å². The lowest BCUT2D eigenvalue weighted by Gasteiger charge is -2.43. The lowest BCUT2D eigenvalue weighted by molar-refractivity contribution is 0.0951. The molecule has 0 aromatic heterocycles. The van der Waals surface area contributed by atoms with Crippen LogP contribution in [0.25, 0.3) is 0 Å². The molecule has 160 valence electrons. The number of nitrogens with zero attached hydrogens (tertiary/aromatic N) is 4. The summed E-state index contributed by atoms with van der Waals surface area (Å²) in [5.74, 6) is 2.33. The summed E-state index contributed by atoms with van der Waals surface area (Å²) in [5.41, 5.74) is 1.29. The van der Waals surface area contributed by atoms with Crippen LogP contribution >= 0.6 is 0 Å². The van der Waals surface area contributed by atoms with Gasteiger partial charge in [0.05, 0.1) is 18.0 Å². The average molecular weight is 417 g/mol. The SMILES string of the molecule is CC1CCC(N2CCN(C3=NCCN3S(=O)c3ccc(C(C)C)cc3)CC2)CC1. The van der Waals surface area contributed by atoms with Crippen LogP contribution in [-0.4, -0.2) is 69.6 Å². The number of hydrogen-bond acceptors (Lipinski definition) is 4. The summed E-state index contributed by atoms with van der Waals surface area (Å²) < 4.78 is 15.2. The van der Waals surface area contributed by atoms with Crippen LogP contribution in [0.2, 0.25) is 0 Å². The Kier molecular flexibility index (Phi) is 6.60. The molecular formula is C23H36N4OS. The maximum Gasteiger partial charge on any atom is 0.209 e. The average Bonchev–Trinajstić information content (AvgIpc) is 3.24. The second-order valence-electron chi connectivity index (χ2n) is 9.19. The van der Waals surface area contributed by atoms with Gasteiger partial charge in [0, 0.05) is 32.2 Å². The van der Waals surface area contributed by atoms with E-state index in [1.807, 2.05) is 16.4 Å². The molecule has 1 saturated carbocycles. The molecule has 1 unspecified atom stereocenters. The number of benzene rings is 1. The van der Waals surface area contributed by atoms with Gasteiger partial charge in [0.15, 0.2) is 11.0 Å². The summed E-state index contributed by atoms with van der Waals surface area (Å²) in [6.45, 7) is 12.4. The second-order valence-corrected chi connectivity index (χ2v) is 10.6. The minimum atomic E-state index is -1.18. The highest BCUT2D eigenvalue weighted by Crippen LogP contribution is 2.28.